The first kappa shape index (κ1) is 58.5. The number of methoxy groups -OCH3 is 2. The summed E-state index contributed by atoms with van der Waals surface area (Å²) in [5.74, 6) is -2.55. The Balaban J connectivity index is 0.00000469. The summed E-state index contributed by atoms with van der Waals surface area (Å²) in [6.45, 7) is 4.71. The van der Waals surface area contributed by atoms with Gasteiger partial charge in [0.2, 0.25) is 5.69 Å². The van der Waals surface area contributed by atoms with Crippen LogP contribution in [-0.2, 0) is 69.9 Å². The summed E-state index contributed by atoms with van der Waals surface area (Å²) in [4.78, 5) is 42.8. The third-order valence-electron chi connectivity index (χ3n) is 11.1. The van der Waals surface area contributed by atoms with E-state index < -0.39 is 69.6 Å². The summed E-state index contributed by atoms with van der Waals surface area (Å²) in [6.07, 6.45) is 9.18. The zero-order chi connectivity index (χ0) is 45.0. The molecule has 3 aliphatic heterocycles. The van der Waals surface area contributed by atoms with Crippen LogP contribution in [-0.4, -0.2) is 118 Å². The Hall–Kier alpha value is -1.61. The Bertz CT molecular complexity index is 2530. The van der Waals surface area contributed by atoms with Crippen LogP contribution in [0.3, 0.4) is 0 Å². The zero-order valence-electron chi connectivity index (χ0n) is 37.1. The molecule has 2 atom stereocenters. The van der Waals surface area contributed by atoms with Crippen molar-refractivity contribution < 1.29 is 161 Å². The van der Waals surface area contributed by atoms with Crippen molar-refractivity contribution in [3.8, 4) is 0 Å². The molecule has 0 bridgehead atoms. The predicted molar refractivity (Wildman–Crippen MR) is 219 cm³/mol. The zero-order valence-corrected chi connectivity index (χ0v) is 45.6. The van der Waals surface area contributed by atoms with Crippen LogP contribution in [0.2, 0.25) is 0 Å². The van der Waals surface area contributed by atoms with Crippen molar-refractivity contribution in [1.82, 2.24) is 5.06 Å². The molecule has 2 N–H and O–H groups in total. The van der Waals surface area contributed by atoms with Crippen LogP contribution < -0.4 is 93.6 Å². The summed E-state index contributed by atoms with van der Waals surface area (Å²) < 4.78 is 116. The smallest absolute Gasteiger partial charge is 0.744 e. The Morgan fingerprint density at radius 1 is 0.828 bits per heavy atom. The maximum absolute atomic E-state index is 12.7. The van der Waals surface area contributed by atoms with E-state index in [9.17, 15) is 53.3 Å². The summed E-state index contributed by atoms with van der Waals surface area (Å²) >= 11 is 0. The summed E-state index contributed by atoms with van der Waals surface area (Å²) in [7, 11) is -10.7. The molecule has 1 fully saturated rings. The minimum Gasteiger partial charge on any atom is -0.744 e. The quantitative estimate of drug-likeness (QED) is 0.0413. The van der Waals surface area contributed by atoms with Gasteiger partial charge in [0.15, 0.2) is 12.3 Å². The van der Waals surface area contributed by atoms with Gasteiger partial charge >= 0.3 is 94.6 Å². The molecule has 332 valence electrons. The van der Waals surface area contributed by atoms with Gasteiger partial charge in [-0.2, -0.15) is 21.4 Å². The summed E-state index contributed by atoms with van der Waals surface area (Å²) in [6, 6.07) is 8.24. The topological polar surface area (TPSA) is 254 Å². The normalized spacial score (nSPS) is 20.5. The van der Waals surface area contributed by atoms with E-state index in [2.05, 4.69) is 0 Å². The fraction of sp³-hybridized carbons (Fsp3) is 0.450. The maximum Gasteiger partial charge on any atom is 1.00 e. The van der Waals surface area contributed by atoms with Crippen LogP contribution >= 0.6 is 0 Å². The van der Waals surface area contributed by atoms with E-state index in [1.807, 2.05) is 23.3 Å². The Labute approximate surface area is 440 Å². The molecule has 0 aliphatic carbocycles. The van der Waals surface area contributed by atoms with E-state index >= 15 is 0 Å². The minimum absolute atomic E-state index is 0. The molecular weight excluding hydrogens is 928 g/mol. The average Bonchev–Trinajstić information content (AvgIpc) is 3.71. The van der Waals surface area contributed by atoms with Crippen molar-refractivity contribution in [3.05, 3.63) is 83.6 Å². The SMILES string of the molecule is COCC[N+]1=C(/C=C/C=C/C=C2/N(CCCC(=O)ON3C(=O)CCC3=O)c3ccc(S(=O)(=O)[O-])cc3C2(C)CCOC)C(C)(CCCS(=O)(=O)O)c2cc(S(=O)(=O)O)ccc21.[Na+].[Na+].[Na+]. The van der Waals surface area contributed by atoms with Gasteiger partial charge in [-0.15, -0.1) is 5.06 Å². The van der Waals surface area contributed by atoms with Gasteiger partial charge in [-0.1, -0.05) is 18.2 Å². The summed E-state index contributed by atoms with van der Waals surface area (Å²) in [5, 5.41) is 0.474. The van der Waals surface area contributed by atoms with E-state index in [0.29, 0.717) is 51.9 Å². The molecule has 18 nitrogen and oxygen atoms in total. The number of anilines is 1. The number of hydroxylamine groups is 2. The molecule has 24 heteroatoms. The van der Waals surface area contributed by atoms with Gasteiger partial charge in [-0.25, -0.2) is 13.2 Å². The standard InChI is InChI=1S/C40H49N3O15S3.3Na/c1-39(19-9-25-59(47,48)49)30-26-28(60(50,51)52)14-16-33(30)42(22-24-57-4)34(39)10-6-5-7-11-35-40(2,20-23-56-3)31-27-29(61(53,54)55)13-15-32(31)41(35)21-8-12-38(46)58-43-36(44)17-18-37(43)45;;;/h5-7,10-11,13-16,26-27H,8-9,12,17-25H2,1-4H3,(H2-,47,48,49,50,51,52,53,54,55);;;/q;3*+1. The third kappa shape index (κ3) is 13.8. The second-order valence-corrected chi connectivity index (χ2v) is 19.6. The number of nitrogens with zero attached hydrogens (tertiary/aromatic N) is 3. The van der Waals surface area contributed by atoms with E-state index in [-0.39, 0.29) is 152 Å². The number of allylic oxidation sites excluding steroid dienone is 6. The number of carbonyl (C=O) groups excluding carboxylic acids is 3. The average molecular weight is 977 g/mol. The minimum atomic E-state index is -4.84. The van der Waals surface area contributed by atoms with Crippen LogP contribution in [0, 0.1) is 0 Å². The molecule has 2 aromatic carbocycles. The van der Waals surface area contributed by atoms with Crippen molar-refractivity contribution in [2.24, 2.45) is 0 Å². The molecule has 0 aromatic heterocycles. The second kappa shape index (κ2) is 24.1. The van der Waals surface area contributed by atoms with Gasteiger partial charge in [-0.3, -0.25) is 18.7 Å². The Kier molecular flexibility index (Phi) is 22.0. The van der Waals surface area contributed by atoms with Gasteiger partial charge in [-0.05, 0) is 81.5 Å². The number of fused-ring (bicyclic) bond motifs is 2. The molecule has 0 spiro atoms. The van der Waals surface area contributed by atoms with Gasteiger partial charge in [0.05, 0.1) is 21.0 Å². The van der Waals surface area contributed by atoms with Crippen LogP contribution in [0.15, 0.2) is 82.3 Å². The first-order chi connectivity index (χ1) is 28.5. The second-order valence-electron chi connectivity index (χ2n) is 15.2. The molecule has 2 unspecified atom stereocenters. The number of amides is 2. The third-order valence-corrected chi connectivity index (χ3v) is 13.6. The molecule has 2 aromatic rings. The number of hydrogen-bond acceptors (Lipinski definition) is 14. The van der Waals surface area contributed by atoms with Crippen molar-refractivity contribution in [1.29, 1.82) is 0 Å². The molecule has 64 heavy (non-hydrogen) atoms. The molecule has 3 aliphatic rings. The van der Waals surface area contributed by atoms with Crippen molar-refractivity contribution in [2.45, 2.75) is 79.4 Å². The van der Waals surface area contributed by atoms with Gasteiger partial charge < -0.3 is 23.8 Å². The van der Waals surface area contributed by atoms with E-state index in [1.165, 1.54) is 44.6 Å². The number of hydrogen-bond donors (Lipinski definition) is 2. The number of imide groups is 1. The molecule has 2 amide bonds. The van der Waals surface area contributed by atoms with Gasteiger partial charge in [0, 0.05) is 81.1 Å². The molecule has 0 radical (unpaired) electrons. The maximum atomic E-state index is 12.7. The number of carbonyl (C=O) groups is 3. The van der Waals surface area contributed by atoms with Crippen molar-refractivity contribution in [3.63, 3.8) is 0 Å². The monoisotopic (exact) mass is 976 g/mol. The Morgan fingerprint density at radius 3 is 2.05 bits per heavy atom. The predicted octanol–water partition coefficient (Wildman–Crippen LogP) is -5.28. The van der Waals surface area contributed by atoms with Gasteiger partial charge in [0.1, 0.15) is 16.7 Å². The first-order valence-electron chi connectivity index (χ1n) is 19.3. The van der Waals surface area contributed by atoms with E-state index in [4.69, 9.17) is 14.3 Å². The molecule has 3 heterocycles. The van der Waals surface area contributed by atoms with Crippen molar-refractivity contribution in [2.75, 3.05) is 51.2 Å². The molecule has 0 saturated carbocycles. The van der Waals surface area contributed by atoms with E-state index in [0.717, 1.165) is 0 Å². The number of rotatable bonds is 20. The summed E-state index contributed by atoms with van der Waals surface area (Å²) in [5.41, 5.74) is 1.63. The van der Waals surface area contributed by atoms with Crippen LogP contribution in [0.25, 0.3) is 0 Å². The molecule has 1 saturated heterocycles. The fourth-order valence-corrected chi connectivity index (χ4v) is 9.54. The fourth-order valence-electron chi connectivity index (χ4n) is 8.03. The first-order valence-corrected chi connectivity index (χ1v) is 23.7. The Morgan fingerprint density at radius 2 is 1.45 bits per heavy atom. The van der Waals surface area contributed by atoms with Crippen LogP contribution in [0.4, 0.5) is 11.4 Å². The van der Waals surface area contributed by atoms with E-state index in [1.54, 1.807) is 36.4 Å². The largest absolute Gasteiger partial charge is 1.00 e. The number of ether oxygens (including phenoxy) is 2. The van der Waals surface area contributed by atoms with Crippen molar-refractivity contribution >= 4 is 65.2 Å². The van der Waals surface area contributed by atoms with Crippen LogP contribution in [0.1, 0.15) is 69.9 Å². The number of benzene rings is 2. The van der Waals surface area contributed by atoms with Gasteiger partial charge in [0.25, 0.3) is 32.1 Å². The molecular formula is C40H49N3Na3O15S3+3. The van der Waals surface area contributed by atoms with Crippen LogP contribution in [0.5, 0.6) is 0 Å². The molecule has 5 rings (SSSR count).